The molecule has 0 saturated heterocycles. The topological polar surface area (TPSA) is 9.23 Å². The number of hydrogen-bond acceptors (Lipinski definition) is 1. The van der Waals surface area contributed by atoms with Gasteiger partial charge in [-0.25, -0.2) is 0 Å². The number of ether oxygens (including phenoxy) is 1. The van der Waals surface area contributed by atoms with Crippen LogP contribution in [0.4, 0.5) is 0 Å². The first-order chi connectivity index (χ1) is 9.69. The summed E-state index contributed by atoms with van der Waals surface area (Å²) in [5.74, 6) is 1.46. The number of methoxy groups -OCH3 is 1. The van der Waals surface area contributed by atoms with Gasteiger partial charge in [0.05, 0.1) is 7.11 Å². The molecular weight excluding hydrogens is 336 g/mol. The summed E-state index contributed by atoms with van der Waals surface area (Å²) in [6, 6.07) is 14.5. The minimum absolute atomic E-state index is 0.405. The fourth-order valence-electron chi connectivity index (χ4n) is 2.99. The summed E-state index contributed by atoms with van der Waals surface area (Å²) in [6.07, 6.45) is 2.07. The van der Waals surface area contributed by atoms with Crippen LogP contribution in [-0.4, -0.2) is 7.11 Å². The second-order valence-electron chi connectivity index (χ2n) is 5.23. The molecule has 3 rings (SSSR count). The average molecular weight is 352 g/mol. The van der Waals surface area contributed by atoms with Gasteiger partial charge in [-0.05, 0) is 53.6 Å². The van der Waals surface area contributed by atoms with E-state index in [4.69, 9.17) is 16.3 Å². The van der Waals surface area contributed by atoms with Gasteiger partial charge in [0.15, 0.2) is 0 Å². The fraction of sp³-hybridized carbons (Fsp3) is 0.294. The number of benzene rings is 2. The molecule has 0 aliphatic heterocycles. The molecule has 1 nitrogen and oxygen atoms in total. The maximum atomic E-state index is 6.12. The summed E-state index contributed by atoms with van der Waals surface area (Å²) in [5.41, 5.74) is 4.04. The molecular formula is C17H16BrClO. The Morgan fingerprint density at radius 3 is 2.80 bits per heavy atom. The summed E-state index contributed by atoms with van der Waals surface area (Å²) in [4.78, 5) is 0.405. The van der Waals surface area contributed by atoms with Crippen molar-refractivity contribution in [3.05, 3.63) is 64.2 Å². The zero-order valence-corrected chi connectivity index (χ0v) is 13.6. The van der Waals surface area contributed by atoms with E-state index in [0.29, 0.717) is 10.7 Å². The first kappa shape index (κ1) is 14.0. The van der Waals surface area contributed by atoms with Crippen LogP contribution in [0.1, 0.15) is 21.5 Å². The van der Waals surface area contributed by atoms with E-state index in [1.54, 1.807) is 7.11 Å². The monoisotopic (exact) mass is 350 g/mol. The second-order valence-corrected chi connectivity index (χ2v) is 6.65. The third-order valence-corrected chi connectivity index (χ3v) is 5.45. The maximum absolute atomic E-state index is 6.12. The van der Waals surface area contributed by atoms with E-state index in [2.05, 4.69) is 40.2 Å². The smallest absolute Gasteiger partial charge is 0.122 e. The highest BCUT2D eigenvalue weighted by atomic mass is 79.9. The molecule has 0 radical (unpaired) electrons. The Morgan fingerprint density at radius 2 is 2.05 bits per heavy atom. The minimum atomic E-state index is 0.405. The lowest BCUT2D eigenvalue weighted by Gasteiger charge is -2.17. The largest absolute Gasteiger partial charge is 0.496 e. The summed E-state index contributed by atoms with van der Waals surface area (Å²) >= 11 is 9.97. The molecule has 2 atom stereocenters. The van der Waals surface area contributed by atoms with Crippen molar-refractivity contribution in [1.29, 1.82) is 0 Å². The molecule has 104 valence electrons. The molecule has 0 heterocycles. The van der Waals surface area contributed by atoms with Crippen LogP contribution < -0.4 is 4.74 Å². The van der Waals surface area contributed by atoms with Crippen molar-refractivity contribution in [3.8, 4) is 5.75 Å². The molecule has 0 saturated carbocycles. The quantitative estimate of drug-likeness (QED) is 0.691. The Kier molecular flexibility index (Phi) is 4.04. The van der Waals surface area contributed by atoms with Gasteiger partial charge in [0.25, 0.3) is 0 Å². The van der Waals surface area contributed by atoms with E-state index in [-0.39, 0.29) is 0 Å². The molecule has 2 aromatic carbocycles. The van der Waals surface area contributed by atoms with Crippen LogP contribution in [0.5, 0.6) is 5.75 Å². The Labute approximate surface area is 133 Å². The van der Waals surface area contributed by atoms with Crippen LogP contribution in [0.2, 0.25) is 5.02 Å². The van der Waals surface area contributed by atoms with Crippen molar-refractivity contribution in [2.24, 2.45) is 5.92 Å². The van der Waals surface area contributed by atoms with Crippen LogP contribution in [0, 0.1) is 5.92 Å². The standard InChI is InChI=1S/C17H16BrClO/c1-20-16-7-6-14(19)10-12(16)9-13-8-11-4-2-3-5-15(11)17(13)18/h2-7,10,13,17H,8-9H2,1H3. The lowest BCUT2D eigenvalue weighted by molar-refractivity contribution is 0.404. The van der Waals surface area contributed by atoms with Crippen molar-refractivity contribution in [2.45, 2.75) is 17.7 Å². The minimum Gasteiger partial charge on any atom is -0.496 e. The van der Waals surface area contributed by atoms with Gasteiger partial charge in [-0.3, -0.25) is 0 Å². The van der Waals surface area contributed by atoms with Crippen molar-refractivity contribution in [2.75, 3.05) is 7.11 Å². The molecule has 0 N–H and O–H groups in total. The van der Waals surface area contributed by atoms with Crippen molar-refractivity contribution < 1.29 is 4.74 Å². The molecule has 0 spiro atoms. The van der Waals surface area contributed by atoms with Gasteiger partial charge in [-0.1, -0.05) is 51.8 Å². The molecule has 0 fully saturated rings. The molecule has 2 unspecified atom stereocenters. The molecule has 3 heteroatoms. The second kappa shape index (κ2) is 5.79. The van der Waals surface area contributed by atoms with Gasteiger partial charge < -0.3 is 4.74 Å². The molecule has 1 aliphatic carbocycles. The van der Waals surface area contributed by atoms with Crippen molar-refractivity contribution in [1.82, 2.24) is 0 Å². The average Bonchev–Trinajstić information content (AvgIpc) is 2.76. The van der Waals surface area contributed by atoms with E-state index in [1.165, 1.54) is 16.7 Å². The van der Waals surface area contributed by atoms with Gasteiger partial charge in [0.2, 0.25) is 0 Å². The molecule has 20 heavy (non-hydrogen) atoms. The zero-order chi connectivity index (χ0) is 14.1. The zero-order valence-electron chi connectivity index (χ0n) is 11.3. The third kappa shape index (κ3) is 2.59. The first-order valence-corrected chi connectivity index (χ1v) is 8.02. The van der Waals surface area contributed by atoms with Gasteiger partial charge in [0.1, 0.15) is 5.75 Å². The molecule has 0 amide bonds. The van der Waals surface area contributed by atoms with Crippen LogP contribution in [0.3, 0.4) is 0 Å². The van der Waals surface area contributed by atoms with Gasteiger partial charge >= 0.3 is 0 Å². The first-order valence-electron chi connectivity index (χ1n) is 6.73. The highest BCUT2D eigenvalue weighted by Crippen LogP contribution is 2.44. The van der Waals surface area contributed by atoms with E-state index in [1.807, 2.05) is 18.2 Å². The van der Waals surface area contributed by atoms with Gasteiger partial charge in [-0.2, -0.15) is 0 Å². The third-order valence-electron chi connectivity index (χ3n) is 3.97. The maximum Gasteiger partial charge on any atom is 0.122 e. The highest BCUT2D eigenvalue weighted by molar-refractivity contribution is 9.09. The number of alkyl halides is 1. The predicted molar refractivity (Wildman–Crippen MR) is 87.0 cm³/mol. The van der Waals surface area contributed by atoms with Crippen molar-refractivity contribution >= 4 is 27.5 Å². The summed E-state index contributed by atoms with van der Waals surface area (Å²) in [5, 5.41) is 0.766. The Morgan fingerprint density at radius 1 is 1.25 bits per heavy atom. The van der Waals surface area contributed by atoms with Crippen LogP contribution in [0.25, 0.3) is 0 Å². The molecule has 0 bridgehead atoms. The van der Waals surface area contributed by atoms with Crippen LogP contribution in [-0.2, 0) is 12.8 Å². The molecule has 1 aliphatic rings. The Bertz CT molecular complexity index is 626. The lowest BCUT2D eigenvalue weighted by Crippen LogP contribution is -2.07. The van der Waals surface area contributed by atoms with E-state index in [0.717, 1.165) is 23.6 Å². The SMILES string of the molecule is COc1ccc(Cl)cc1CC1Cc2ccccc2C1Br. The van der Waals surface area contributed by atoms with E-state index < -0.39 is 0 Å². The predicted octanol–water partition coefficient (Wildman–Crippen LogP) is 5.20. The number of rotatable bonds is 3. The normalized spacial score (nSPS) is 20.8. The van der Waals surface area contributed by atoms with Crippen LogP contribution >= 0.6 is 27.5 Å². The summed E-state index contributed by atoms with van der Waals surface area (Å²) < 4.78 is 5.45. The number of hydrogen-bond donors (Lipinski definition) is 0. The molecule has 0 aromatic heterocycles. The van der Waals surface area contributed by atoms with Crippen molar-refractivity contribution in [3.63, 3.8) is 0 Å². The van der Waals surface area contributed by atoms with Gasteiger partial charge in [0, 0.05) is 9.85 Å². The highest BCUT2D eigenvalue weighted by Gasteiger charge is 2.30. The lowest BCUT2D eigenvalue weighted by atomic mass is 9.96. The van der Waals surface area contributed by atoms with Gasteiger partial charge in [-0.15, -0.1) is 0 Å². The Balaban J connectivity index is 1.85. The number of fused-ring (bicyclic) bond motifs is 1. The Hall–Kier alpha value is -0.990. The fourth-order valence-corrected chi connectivity index (χ4v) is 4.01. The molecule has 2 aromatic rings. The van der Waals surface area contributed by atoms with E-state index >= 15 is 0 Å². The van der Waals surface area contributed by atoms with Crippen LogP contribution in [0.15, 0.2) is 42.5 Å². The number of halogens is 2. The van der Waals surface area contributed by atoms with E-state index in [9.17, 15) is 0 Å². The summed E-state index contributed by atoms with van der Waals surface area (Å²) in [7, 11) is 1.71. The summed E-state index contributed by atoms with van der Waals surface area (Å²) in [6.45, 7) is 0.